The number of fused-ring (bicyclic) bond motifs is 1. The van der Waals surface area contributed by atoms with Crippen molar-refractivity contribution in [2.24, 2.45) is 0 Å². The Balaban J connectivity index is 1.86. The van der Waals surface area contributed by atoms with Gasteiger partial charge < -0.3 is 15.0 Å². The van der Waals surface area contributed by atoms with E-state index in [9.17, 15) is 9.59 Å². The summed E-state index contributed by atoms with van der Waals surface area (Å²) >= 11 is 3.35. The zero-order valence-electron chi connectivity index (χ0n) is 14.1. The van der Waals surface area contributed by atoms with Crippen LogP contribution in [0, 0.1) is 0 Å². The highest BCUT2D eigenvalue weighted by atomic mass is 79.9. The number of hydrogen-bond donors (Lipinski definition) is 1. The van der Waals surface area contributed by atoms with Crippen LogP contribution in [0.15, 0.2) is 46.9 Å². The van der Waals surface area contributed by atoms with Crippen LogP contribution in [0.25, 0.3) is 0 Å². The highest BCUT2D eigenvalue weighted by molar-refractivity contribution is 9.10. The van der Waals surface area contributed by atoms with E-state index in [1.54, 1.807) is 42.2 Å². The first kappa shape index (κ1) is 17.5. The average molecular weight is 403 g/mol. The van der Waals surface area contributed by atoms with Crippen molar-refractivity contribution in [1.29, 1.82) is 0 Å². The summed E-state index contributed by atoms with van der Waals surface area (Å²) < 4.78 is 6.58. The molecule has 3 rings (SSSR count). The van der Waals surface area contributed by atoms with Gasteiger partial charge in [0.1, 0.15) is 5.75 Å². The van der Waals surface area contributed by atoms with Crippen molar-refractivity contribution in [3.05, 3.63) is 52.5 Å². The first-order valence-corrected chi connectivity index (χ1v) is 8.98. The number of amides is 2. The molecule has 0 saturated heterocycles. The van der Waals surface area contributed by atoms with Crippen LogP contribution in [0.2, 0.25) is 0 Å². The second-order valence-corrected chi connectivity index (χ2v) is 6.81. The summed E-state index contributed by atoms with van der Waals surface area (Å²) in [5.41, 5.74) is 1.88. The highest BCUT2D eigenvalue weighted by Crippen LogP contribution is 2.36. The van der Waals surface area contributed by atoms with Crippen molar-refractivity contribution in [2.45, 2.75) is 26.4 Å². The van der Waals surface area contributed by atoms with Crippen LogP contribution in [0.4, 0.5) is 11.4 Å². The maximum atomic E-state index is 12.4. The van der Waals surface area contributed by atoms with E-state index in [1.165, 1.54) is 0 Å². The molecule has 130 valence electrons. The molecule has 1 atom stereocenters. The molecule has 0 aromatic heterocycles. The van der Waals surface area contributed by atoms with Crippen molar-refractivity contribution < 1.29 is 14.3 Å². The molecule has 2 amide bonds. The molecular weight excluding hydrogens is 384 g/mol. The van der Waals surface area contributed by atoms with Gasteiger partial charge in [-0.1, -0.05) is 22.9 Å². The number of nitrogens with one attached hydrogen (secondary N) is 1. The predicted molar refractivity (Wildman–Crippen MR) is 101 cm³/mol. The van der Waals surface area contributed by atoms with Gasteiger partial charge in [-0.05, 0) is 55.8 Å². The molecule has 0 fully saturated rings. The summed E-state index contributed by atoms with van der Waals surface area (Å²) in [6, 6.07) is 12.5. The zero-order chi connectivity index (χ0) is 18.0. The molecule has 0 aliphatic carbocycles. The number of benzene rings is 2. The fraction of sp³-hybridized carbons (Fsp3) is 0.263. The van der Waals surface area contributed by atoms with E-state index in [0.717, 1.165) is 10.9 Å². The third kappa shape index (κ3) is 3.69. The van der Waals surface area contributed by atoms with E-state index in [2.05, 4.69) is 21.2 Å². The third-order valence-corrected chi connectivity index (χ3v) is 4.51. The maximum absolute atomic E-state index is 12.4. The van der Waals surface area contributed by atoms with Crippen molar-refractivity contribution in [2.75, 3.05) is 16.8 Å². The molecule has 0 radical (unpaired) electrons. The van der Waals surface area contributed by atoms with E-state index in [-0.39, 0.29) is 11.8 Å². The average Bonchev–Trinajstić information content (AvgIpc) is 2.60. The number of hydrogen-bond acceptors (Lipinski definition) is 3. The van der Waals surface area contributed by atoms with Gasteiger partial charge in [0.05, 0.1) is 5.69 Å². The number of anilines is 2. The molecule has 25 heavy (non-hydrogen) atoms. The van der Waals surface area contributed by atoms with Gasteiger partial charge in [0, 0.05) is 22.3 Å². The van der Waals surface area contributed by atoms with Gasteiger partial charge in [0.15, 0.2) is 6.10 Å². The van der Waals surface area contributed by atoms with E-state index in [4.69, 9.17) is 4.74 Å². The van der Waals surface area contributed by atoms with E-state index >= 15 is 0 Å². The Hall–Kier alpha value is -2.34. The number of carbonyl (C=O) groups is 2. The Kier molecular flexibility index (Phi) is 5.08. The summed E-state index contributed by atoms with van der Waals surface area (Å²) in [5, 5.41) is 2.87. The lowest BCUT2D eigenvalue weighted by Crippen LogP contribution is -2.44. The smallest absolute Gasteiger partial charge is 0.267 e. The Morgan fingerprint density at radius 1 is 1.24 bits per heavy atom. The fourth-order valence-corrected chi connectivity index (χ4v) is 3.01. The molecule has 0 bridgehead atoms. The number of rotatable bonds is 4. The molecule has 5 nitrogen and oxygen atoms in total. The first-order valence-electron chi connectivity index (χ1n) is 8.18. The quantitative estimate of drug-likeness (QED) is 0.832. The lowest BCUT2D eigenvalue weighted by Gasteiger charge is -2.33. The van der Waals surface area contributed by atoms with Crippen LogP contribution in [0.1, 0.15) is 30.6 Å². The molecular formula is C19H19BrN2O3. The second-order valence-electron chi connectivity index (χ2n) is 5.89. The maximum Gasteiger partial charge on any atom is 0.267 e. The Morgan fingerprint density at radius 2 is 1.96 bits per heavy atom. The van der Waals surface area contributed by atoms with Gasteiger partial charge >= 0.3 is 0 Å². The molecule has 1 heterocycles. The summed E-state index contributed by atoms with van der Waals surface area (Å²) in [7, 11) is 0. The fourth-order valence-electron chi connectivity index (χ4n) is 2.74. The summed E-state index contributed by atoms with van der Waals surface area (Å²) in [6.07, 6.45) is 0.343. The van der Waals surface area contributed by atoms with Crippen LogP contribution in [-0.2, 0) is 4.79 Å². The summed E-state index contributed by atoms with van der Waals surface area (Å²) in [6.45, 7) is 4.38. The van der Waals surface area contributed by atoms with Crippen LogP contribution in [0.5, 0.6) is 5.75 Å². The van der Waals surface area contributed by atoms with Gasteiger partial charge in [0.2, 0.25) is 0 Å². The Labute approximate surface area is 155 Å². The second kappa shape index (κ2) is 7.27. The molecule has 2 aromatic rings. The largest absolute Gasteiger partial charge is 0.479 e. The van der Waals surface area contributed by atoms with Crippen LogP contribution in [-0.4, -0.2) is 24.5 Å². The highest BCUT2D eigenvalue weighted by Gasteiger charge is 2.31. The molecule has 1 unspecified atom stereocenters. The molecule has 0 spiro atoms. The lowest BCUT2D eigenvalue weighted by molar-refractivity contribution is -0.125. The molecule has 1 aliphatic heterocycles. The standard InChI is InChI=1S/C19H19BrN2O3/c1-3-10-22-16-11-15(8-9-17(16)25-12(2)19(22)24)21-18(23)13-4-6-14(20)7-5-13/h4-9,11-12H,3,10H2,1-2H3,(H,21,23). The lowest BCUT2D eigenvalue weighted by atomic mass is 10.1. The van der Waals surface area contributed by atoms with Crippen LogP contribution < -0.4 is 15.0 Å². The zero-order valence-corrected chi connectivity index (χ0v) is 15.7. The molecule has 6 heteroatoms. The normalized spacial score (nSPS) is 16.2. The van der Waals surface area contributed by atoms with Gasteiger partial charge in [0.25, 0.3) is 11.8 Å². The molecule has 1 N–H and O–H groups in total. The van der Waals surface area contributed by atoms with Crippen molar-refractivity contribution in [3.63, 3.8) is 0 Å². The molecule has 1 aliphatic rings. The monoisotopic (exact) mass is 402 g/mol. The minimum absolute atomic E-state index is 0.0641. The Bertz CT molecular complexity index is 805. The van der Waals surface area contributed by atoms with Crippen LogP contribution >= 0.6 is 15.9 Å². The number of halogens is 1. The first-order chi connectivity index (χ1) is 12.0. The minimum atomic E-state index is -0.498. The van der Waals surface area contributed by atoms with E-state index in [0.29, 0.717) is 29.2 Å². The topological polar surface area (TPSA) is 58.6 Å². The van der Waals surface area contributed by atoms with Crippen molar-refractivity contribution in [1.82, 2.24) is 0 Å². The van der Waals surface area contributed by atoms with Crippen molar-refractivity contribution >= 4 is 39.1 Å². The Morgan fingerprint density at radius 3 is 2.64 bits per heavy atom. The van der Waals surface area contributed by atoms with E-state index in [1.807, 2.05) is 19.1 Å². The number of nitrogens with zero attached hydrogens (tertiary/aromatic N) is 1. The molecule has 0 saturated carbocycles. The number of carbonyl (C=O) groups excluding carboxylic acids is 2. The van der Waals surface area contributed by atoms with Gasteiger partial charge in [-0.2, -0.15) is 0 Å². The van der Waals surface area contributed by atoms with E-state index < -0.39 is 6.10 Å². The van der Waals surface area contributed by atoms with Crippen molar-refractivity contribution in [3.8, 4) is 5.75 Å². The summed E-state index contributed by atoms with van der Waals surface area (Å²) in [4.78, 5) is 26.5. The van der Waals surface area contributed by atoms with Gasteiger partial charge in [-0.15, -0.1) is 0 Å². The van der Waals surface area contributed by atoms with Gasteiger partial charge in [-0.3, -0.25) is 9.59 Å². The van der Waals surface area contributed by atoms with Crippen LogP contribution in [0.3, 0.4) is 0 Å². The SMILES string of the molecule is CCCN1C(=O)C(C)Oc2ccc(NC(=O)c3ccc(Br)cc3)cc21. The minimum Gasteiger partial charge on any atom is -0.479 e. The number of ether oxygens (including phenoxy) is 1. The predicted octanol–water partition coefficient (Wildman–Crippen LogP) is 4.23. The third-order valence-electron chi connectivity index (χ3n) is 3.98. The summed E-state index contributed by atoms with van der Waals surface area (Å²) in [5.74, 6) is 0.388. The molecule has 2 aromatic carbocycles. The van der Waals surface area contributed by atoms with Gasteiger partial charge in [-0.25, -0.2) is 0 Å².